The number of nitrogens with zero attached hydrogens (tertiary/aromatic N) is 2. The highest BCUT2D eigenvalue weighted by Gasteiger charge is 2.56. The third-order valence-electron chi connectivity index (χ3n) is 5.30. The molecule has 2 fully saturated rings. The summed E-state index contributed by atoms with van der Waals surface area (Å²) in [5, 5.41) is 0.664. The fourth-order valence-electron chi connectivity index (χ4n) is 3.94. The number of piperazine rings is 1. The predicted octanol–water partition coefficient (Wildman–Crippen LogP) is 2.19. The van der Waals surface area contributed by atoms with Gasteiger partial charge in [-0.25, -0.2) is 9.59 Å². The normalized spacial score (nSPS) is 20.2. The predicted molar refractivity (Wildman–Crippen MR) is 106 cm³/mol. The van der Waals surface area contributed by atoms with Crippen LogP contribution >= 0.6 is 11.6 Å². The summed E-state index contributed by atoms with van der Waals surface area (Å²) in [4.78, 5) is 27.8. The summed E-state index contributed by atoms with van der Waals surface area (Å²) in [6, 6.07) is 13.0. The molecule has 0 aliphatic carbocycles. The third-order valence-corrected chi connectivity index (χ3v) is 5.55. The first kappa shape index (κ1) is 19.0. The van der Waals surface area contributed by atoms with Gasteiger partial charge in [-0.3, -0.25) is 9.80 Å². The molecular weight excluding hydrogens is 412 g/mol. The number of carbonyl (C=O) groups is 2. The molecule has 0 N–H and O–H groups in total. The SMILES string of the molecule is O=C1OC2(CN(Cc3ccc(Cl)cc3)CCN2c2ccc3c(c2)OCCO3)OC1=O. The maximum Gasteiger partial charge on any atom is 0.422 e. The highest BCUT2D eigenvalue weighted by Crippen LogP contribution is 2.39. The molecule has 9 heteroatoms. The Bertz CT molecular complexity index is 979. The summed E-state index contributed by atoms with van der Waals surface area (Å²) in [6.07, 6.45) is 0. The molecule has 1 spiro atoms. The average Bonchev–Trinajstić information content (AvgIpc) is 3.02. The fraction of sp³-hybridized carbons (Fsp3) is 0.333. The van der Waals surface area contributed by atoms with E-state index in [0.717, 1.165) is 5.56 Å². The van der Waals surface area contributed by atoms with Gasteiger partial charge in [-0.15, -0.1) is 0 Å². The van der Waals surface area contributed by atoms with Gasteiger partial charge in [0.25, 0.3) is 0 Å². The van der Waals surface area contributed by atoms with Crippen molar-refractivity contribution in [3.8, 4) is 11.5 Å². The topological polar surface area (TPSA) is 77.5 Å². The fourth-order valence-corrected chi connectivity index (χ4v) is 4.06. The lowest BCUT2D eigenvalue weighted by atomic mass is 10.1. The van der Waals surface area contributed by atoms with Gasteiger partial charge in [-0.1, -0.05) is 23.7 Å². The first-order valence-electron chi connectivity index (χ1n) is 9.63. The Morgan fingerprint density at radius 2 is 1.60 bits per heavy atom. The van der Waals surface area contributed by atoms with Crippen molar-refractivity contribution in [1.29, 1.82) is 0 Å². The third kappa shape index (κ3) is 3.42. The molecule has 8 nitrogen and oxygen atoms in total. The number of hydrogen-bond acceptors (Lipinski definition) is 8. The van der Waals surface area contributed by atoms with Crippen LogP contribution in [0, 0.1) is 0 Å². The first-order chi connectivity index (χ1) is 14.5. The monoisotopic (exact) mass is 430 g/mol. The van der Waals surface area contributed by atoms with Crippen LogP contribution < -0.4 is 14.4 Å². The summed E-state index contributed by atoms with van der Waals surface area (Å²) in [7, 11) is 0. The number of anilines is 1. The molecule has 30 heavy (non-hydrogen) atoms. The molecule has 0 saturated carbocycles. The second kappa shape index (κ2) is 7.37. The summed E-state index contributed by atoms with van der Waals surface area (Å²) >= 11 is 5.97. The zero-order chi connectivity index (χ0) is 20.7. The molecule has 2 aromatic rings. The van der Waals surface area contributed by atoms with E-state index >= 15 is 0 Å². The van der Waals surface area contributed by atoms with E-state index < -0.39 is 17.8 Å². The molecule has 0 bridgehead atoms. The van der Waals surface area contributed by atoms with Gasteiger partial charge in [-0.05, 0) is 29.8 Å². The van der Waals surface area contributed by atoms with E-state index in [4.69, 9.17) is 30.5 Å². The lowest BCUT2D eigenvalue weighted by Crippen LogP contribution is -2.63. The van der Waals surface area contributed by atoms with Crippen molar-refractivity contribution >= 4 is 29.2 Å². The van der Waals surface area contributed by atoms with Crippen LogP contribution in [-0.4, -0.2) is 55.6 Å². The number of carbonyl (C=O) groups excluding carboxylic acids is 2. The van der Waals surface area contributed by atoms with Crippen LogP contribution in [0.4, 0.5) is 5.69 Å². The van der Waals surface area contributed by atoms with E-state index in [1.165, 1.54) is 0 Å². The quantitative estimate of drug-likeness (QED) is 0.541. The number of benzene rings is 2. The highest BCUT2D eigenvalue weighted by atomic mass is 35.5. The largest absolute Gasteiger partial charge is 0.486 e. The van der Waals surface area contributed by atoms with Crippen molar-refractivity contribution in [2.75, 3.05) is 37.7 Å². The summed E-state index contributed by atoms with van der Waals surface area (Å²) < 4.78 is 22.2. The molecule has 5 rings (SSSR count). The second-order valence-corrected chi connectivity index (χ2v) is 7.74. The first-order valence-corrected chi connectivity index (χ1v) is 10.0. The van der Waals surface area contributed by atoms with Gasteiger partial charge in [0.05, 0.1) is 6.54 Å². The molecule has 3 aliphatic rings. The Balaban J connectivity index is 1.43. The van der Waals surface area contributed by atoms with Gasteiger partial charge in [0, 0.05) is 36.4 Å². The molecule has 0 atom stereocenters. The Labute approximate surface area is 177 Å². The molecule has 0 aromatic heterocycles. The maximum absolute atomic E-state index is 12.0. The van der Waals surface area contributed by atoms with Crippen LogP contribution in [0.3, 0.4) is 0 Å². The van der Waals surface area contributed by atoms with E-state index in [2.05, 4.69) is 4.90 Å². The molecular formula is C21H19ClN2O6. The van der Waals surface area contributed by atoms with Gasteiger partial charge in [0.2, 0.25) is 0 Å². The zero-order valence-corrected chi connectivity index (χ0v) is 16.8. The number of rotatable bonds is 3. The zero-order valence-electron chi connectivity index (χ0n) is 16.0. The number of hydrogen-bond donors (Lipinski definition) is 0. The van der Waals surface area contributed by atoms with Gasteiger partial charge >= 0.3 is 17.8 Å². The standard InChI is InChI=1S/C21H19ClN2O6/c22-15-3-1-14(2-4-15)12-23-7-8-24(21(13-23)29-19(25)20(26)30-21)16-5-6-17-18(11-16)28-10-9-27-17/h1-6,11H,7-10,12-13H2. The molecule has 0 unspecified atom stereocenters. The van der Waals surface area contributed by atoms with Crippen LogP contribution in [0.2, 0.25) is 5.02 Å². The lowest BCUT2D eigenvalue weighted by molar-refractivity contribution is -0.193. The van der Waals surface area contributed by atoms with E-state index in [1.807, 2.05) is 36.4 Å². The van der Waals surface area contributed by atoms with E-state index in [-0.39, 0.29) is 6.54 Å². The summed E-state index contributed by atoms with van der Waals surface area (Å²) in [6.45, 7) is 2.92. The van der Waals surface area contributed by atoms with Gasteiger partial charge in [0.1, 0.15) is 13.2 Å². The van der Waals surface area contributed by atoms with E-state index in [1.54, 1.807) is 11.0 Å². The van der Waals surface area contributed by atoms with Crippen molar-refractivity contribution in [2.45, 2.75) is 12.5 Å². The van der Waals surface area contributed by atoms with Crippen LogP contribution in [0.5, 0.6) is 11.5 Å². The Kier molecular flexibility index (Phi) is 4.67. The summed E-state index contributed by atoms with van der Waals surface area (Å²) in [5.41, 5.74) is 1.77. The average molecular weight is 431 g/mol. The van der Waals surface area contributed by atoms with Gasteiger partial charge in [0.15, 0.2) is 11.5 Å². The van der Waals surface area contributed by atoms with Gasteiger partial charge in [-0.2, -0.15) is 0 Å². The molecule has 3 aliphatic heterocycles. The summed E-state index contributed by atoms with van der Waals surface area (Å²) in [5.74, 6) is -2.26. The maximum atomic E-state index is 12.0. The van der Waals surface area contributed by atoms with Crippen molar-refractivity contribution in [2.24, 2.45) is 0 Å². The molecule has 156 valence electrons. The minimum absolute atomic E-state index is 0.210. The van der Waals surface area contributed by atoms with Crippen LogP contribution in [0.25, 0.3) is 0 Å². The Morgan fingerprint density at radius 1 is 0.900 bits per heavy atom. The molecule has 0 radical (unpaired) electrons. The van der Waals surface area contributed by atoms with Crippen molar-refractivity contribution in [3.63, 3.8) is 0 Å². The number of ether oxygens (including phenoxy) is 4. The smallest absolute Gasteiger partial charge is 0.422 e. The Morgan fingerprint density at radius 3 is 2.33 bits per heavy atom. The Hall–Kier alpha value is -2.97. The molecule has 2 saturated heterocycles. The van der Waals surface area contributed by atoms with Crippen LogP contribution in [-0.2, 0) is 25.6 Å². The molecule has 0 amide bonds. The van der Waals surface area contributed by atoms with Gasteiger partial charge < -0.3 is 18.9 Å². The lowest BCUT2D eigenvalue weighted by Gasteiger charge is -2.46. The second-order valence-electron chi connectivity index (χ2n) is 7.31. The minimum atomic E-state index is -1.53. The van der Waals surface area contributed by atoms with E-state index in [0.29, 0.717) is 55.1 Å². The van der Waals surface area contributed by atoms with Crippen LogP contribution in [0.1, 0.15) is 5.56 Å². The molecule has 3 heterocycles. The number of esters is 2. The number of halogens is 1. The van der Waals surface area contributed by atoms with E-state index in [9.17, 15) is 9.59 Å². The number of fused-ring (bicyclic) bond motifs is 1. The van der Waals surface area contributed by atoms with Crippen molar-refractivity contribution < 1.29 is 28.5 Å². The van der Waals surface area contributed by atoms with Crippen molar-refractivity contribution in [3.05, 3.63) is 53.1 Å². The van der Waals surface area contributed by atoms with Crippen LogP contribution in [0.15, 0.2) is 42.5 Å². The highest BCUT2D eigenvalue weighted by molar-refractivity contribution is 6.31. The minimum Gasteiger partial charge on any atom is -0.486 e. The van der Waals surface area contributed by atoms with Crippen molar-refractivity contribution in [1.82, 2.24) is 4.90 Å². The molecule has 2 aromatic carbocycles.